The maximum atomic E-state index is 9.02. The van der Waals surface area contributed by atoms with E-state index in [1.807, 2.05) is 0 Å². The predicted octanol–water partition coefficient (Wildman–Crippen LogP) is 3.12. The van der Waals surface area contributed by atoms with Gasteiger partial charge in [0.15, 0.2) is 0 Å². The van der Waals surface area contributed by atoms with E-state index in [1.165, 1.54) is 11.1 Å². The quantitative estimate of drug-likeness (QED) is 0.777. The van der Waals surface area contributed by atoms with E-state index in [4.69, 9.17) is 5.11 Å². The van der Waals surface area contributed by atoms with Crippen LogP contribution in [0.2, 0.25) is 0 Å². The molecule has 0 radical (unpaired) electrons. The summed E-state index contributed by atoms with van der Waals surface area (Å²) in [7, 11) is 0. The molecule has 0 heterocycles. The largest absolute Gasteiger partial charge is 0.396 e. The second-order valence-electron chi connectivity index (χ2n) is 4.28. The van der Waals surface area contributed by atoms with E-state index in [9.17, 15) is 0 Å². The summed E-state index contributed by atoms with van der Waals surface area (Å²) in [4.78, 5) is 0. The molecule has 0 saturated carbocycles. The normalized spacial score (nSPS) is 13.2. The van der Waals surface area contributed by atoms with Crippen molar-refractivity contribution in [1.29, 1.82) is 0 Å². The van der Waals surface area contributed by atoms with Gasteiger partial charge < -0.3 is 5.11 Å². The van der Waals surface area contributed by atoms with Crippen molar-refractivity contribution < 1.29 is 5.11 Å². The minimum Gasteiger partial charge on any atom is -0.396 e. The van der Waals surface area contributed by atoms with Gasteiger partial charge in [0.05, 0.1) is 0 Å². The smallest absolute Gasteiger partial charge is 0.0436 e. The zero-order valence-electron chi connectivity index (χ0n) is 9.33. The lowest BCUT2D eigenvalue weighted by Crippen LogP contribution is -2.08. The first-order valence-corrected chi connectivity index (χ1v) is 5.32. The lowest BCUT2D eigenvalue weighted by atomic mass is 9.85. The summed E-state index contributed by atoms with van der Waals surface area (Å²) >= 11 is 0. The van der Waals surface area contributed by atoms with E-state index in [1.54, 1.807) is 0 Å². The van der Waals surface area contributed by atoms with E-state index in [-0.39, 0.29) is 6.61 Å². The SMILES string of the molecule is Cc1cccc(C(CCO)C(C)C)c1. The van der Waals surface area contributed by atoms with Gasteiger partial charge in [0.25, 0.3) is 0 Å². The molecule has 1 N–H and O–H groups in total. The Morgan fingerprint density at radius 2 is 2.00 bits per heavy atom. The molecule has 0 aromatic heterocycles. The third-order valence-electron chi connectivity index (χ3n) is 2.72. The monoisotopic (exact) mass is 192 g/mol. The van der Waals surface area contributed by atoms with Crippen molar-refractivity contribution in [2.75, 3.05) is 6.61 Å². The Bertz CT molecular complexity index is 278. The van der Waals surface area contributed by atoms with Crippen molar-refractivity contribution in [3.8, 4) is 0 Å². The van der Waals surface area contributed by atoms with Gasteiger partial charge in [0.2, 0.25) is 0 Å². The molecule has 1 nitrogen and oxygen atoms in total. The molecular weight excluding hydrogens is 172 g/mol. The fourth-order valence-electron chi connectivity index (χ4n) is 1.92. The fourth-order valence-corrected chi connectivity index (χ4v) is 1.92. The van der Waals surface area contributed by atoms with Crippen LogP contribution in [0.3, 0.4) is 0 Å². The Kier molecular flexibility index (Phi) is 4.15. The summed E-state index contributed by atoms with van der Waals surface area (Å²) in [6.45, 7) is 6.81. The van der Waals surface area contributed by atoms with E-state index in [2.05, 4.69) is 45.0 Å². The summed E-state index contributed by atoms with van der Waals surface area (Å²) in [5.74, 6) is 1.07. The molecule has 78 valence electrons. The van der Waals surface area contributed by atoms with Gasteiger partial charge in [-0.3, -0.25) is 0 Å². The Morgan fingerprint density at radius 3 is 2.50 bits per heavy atom. The van der Waals surface area contributed by atoms with Crippen LogP contribution in [0, 0.1) is 12.8 Å². The summed E-state index contributed by atoms with van der Waals surface area (Å²) in [6, 6.07) is 8.59. The van der Waals surface area contributed by atoms with Crippen LogP contribution in [0.25, 0.3) is 0 Å². The van der Waals surface area contributed by atoms with Gasteiger partial charge in [-0.25, -0.2) is 0 Å². The molecule has 0 aliphatic carbocycles. The zero-order chi connectivity index (χ0) is 10.6. The van der Waals surface area contributed by atoms with Crippen LogP contribution in [0.4, 0.5) is 0 Å². The molecule has 1 unspecified atom stereocenters. The third kappa shape index (κ3) is 2.85. The van der Waals surface area contributed by atoms with Gasteiger partial charge in [-0.2, -0.15) is 0 Å². The highest BCUT2D eigenvalue weighted by Crippen LogP contribution is 2.27. The minimum absolute atomic E-state index is 0.275. The number of aryl methyl sites for hydroxylation is 1. The fraction of sp³-hybridized carbons (Fsp3) is 0.538. The summed E-state index contributed by atoms with van der Waals surface area (Å²) < 4.78 is 0. The number of benzene rings is 1. The molecular formula is C13H20O. The Labute approximate surface area is 86.8 Å². The first kappa shape index (κ1) is 11.3. The standard InChI is InChI=1S/C13H20O/c1-10(2)13(7-8-14)12-6-4-5-11(3)9-12/h4-6,9-10,13-14H,7-8H2,1-3H3. The lowest BCUT2D eigenvalue weighted by molar-refractivity contribution is 0.261. The number of aliphatic hydroxyl groups is 1. The molecule has 0 amide bonds. The first-order chi connectivity index (χ1) is 6.65. The number of rotatable bonds is 4. The van der Waals surface area contributed by atoms with Crippen molar-refractivity contribution >= 4 is 0 Å². The molecule has 0 fully saturated rings. The van der Waals surface area contributed by atoms with Crippen LogP contribution in [0.1, 0.15) is 37.3 Å². The second-order valence-corrected chi connectivity index (χ2v) is 4.28. The van der Waals surface area contributed by atoms with Gasteiger partial charge in [0.1, 0.15) is 0 Å². The summed E-state index contributed by atoms with van der Waals surface area (Å²) in [5, 5.41) is 9.02. The van der Waals surface area contributed by atoms with Crippen LogP contribution in [-0.2, 0) is 0 Å². The van der Waals surface area contributed by atoms with E-state index in [0.717, 1.165) is 6.42 Å². The molecule has 0 bridgehead atoms. The highest BCUT2D eigenvalue weighted by molar-refractivity contribution is 5.25. The molecule has 1 rings (SSSR count). The summed E-state index contributed by atoms with van der Waals surface area (Å²) in [6.07, 6.45) is 0.862. The van der Waals surface area contributed by atoms with Crippen molar-refractivity contribution in [3.05, 3.63) is 35.4 Å². The van der Waals surface area contributed by atoms with Crippen LogP contribution in [0.15, 0.2) is 24.3 Å². The average Bonchev–Trinajstić information content (AvgIpc) is 2.13. The van der Waals surface area contributed by atoms with Crippen molar-refractivity contribution in [2.24, 2.45) is 5.92 Å². The van der Waals surface area contributed by atoms with E-state index in [0.29, 0.717) is 11.8 Å². The second kappa shape index (κ2) is 5.16. The molecule has 1 heteroatoms. The maximum Gasteiger partial charge on any atom is 0.0436 e. The van der Waals surface area contributed by atoms with Crippen molar-refractivity contribution in [3.63, 3.8) is 0 Å². The van der Waals surface area contributed by atoms with Gasteiger partial charge in [0, 0.05) is 6.61 Å². The van der Waals surface area contributed by atoms with Crippen molar-refractivity contribution in [2.45, 2.75) is 33.1 Å². The van der Waals surface area contributed by atoms with Crippen LogP contribution >= 0.6 is 0 Å². The molecule has 14 heavy (non-hydrogen) atoms. The van der Waals surface area contributed by atoms with Crippen molar-refractivity contribution in [1.82, 2.24) is 0 Å². The average molecular weight is 192 g/mol. The van der Waals surface area contributed by atoms with Gasteiger partial charge >= 0.3 is 0 Å². The molecule has 0 aliphatic heterocycles. The van der Waals surface area contributed by atoms with Gasteiger partial charge in [-0.15, -0.1) is 0 Å². The number of hydrogen-bond donors (Lipinski definition) is 1. The minimum atomic E-state index is 0.275. The highest BCUT2D eigenvalue weighted by atomic mass is 16.3. The van der Waals surface area contributed by atoms with Gasteiger partial charge in [-0.1, -0.05) is 43.7 Å². The molecule has 1 atom stereocenters. The molecule has 1 aromatic rings. The molecule has 1 aromatic carbocycles. The van der Waals surface area contributed by atoms with E-state index < -0.39 is 0 Å². The zero-order valence-corrected chi connectivity index (χ0v) is 9.33. The van der Waals surface area contributed by atoms with Gasteiger partial charge in [-0.05, 0) is 30.7 Å². The third-order valence-corrected chi connectivity index (χ3v) is 2.72. The predicted molar refractivity (Wildman–Crippen MR) is 60.5 cm³/mol. The summed E-state index contributed by atoms with van der Waals surface area (Å²) in [5.41, 5.74) is 2.65. The lowest BCUT2D eigenvalue weighted by Gasteiger charge is -2.20. The Balaban J connectivity index is 2.87. The Morgan fingerprint density at radius 1 is 1.29 bits per heavy atom. The molecule has 0 spiro atoms. The van der Waals surface area contributed by atoms with Crippen LogP contribution in [-0.4, -0.2) is 11.7 Å². The van der Waals surface area contributed by atoms with Crippen LogP contribution in [0.5, 0.6) is 0 Å². The molecule has 0 aliphatic rings. The Hall–Kier alpha value is -0.820. The van der Waals surface area contributed by atoms with E-state index >= 15 is 0 Å². The molecule has 0 saturated heterocycles. The topological polar surface area (TPSA) is 20.2 Å². The number of hydrogen-bond acceptors (Lipinski definition) is 1. The van der Waals surface area contributed by atoms with Crippen LogP contribution < -0.4 is 0 Å². The maximum absolute atomic E-state index is 9.02. The number of aliphatic hydroxyl groups excluding tert-OH is 1. The first-order valence-electron chi connectivity index (χ1n) is 5.32. The highest BCUT2D eigenvalue weighted by Gasteiger charge is 2.14.